The van der Waals surface area contributed by atoms with E-state index >= 15 is 0 Å². The molecule has 2 aromatic rings. The van der Waals surface area contributed by atoms with Gasteiger partial charge >= 0.3 is 0 Å². The van der Waals surface area contributed by atoms with E-state index in [1.165, 1.54) is 12.1 Å². The molecule has 4 nitrogen and oxygen atoms in total. The van der Waals surface area contributed by atoms with Crippen molar-refractivity contribution in [3.8, 4) is 17.6 Å². The molecule has 0 bridgehead atoms. The maximum Gasteiger partial charge on any atom is 0.149 e. The first-order chi connectivity index (χ1) is 12.7. The lowest BCUT2D eigenvalue weighted by atomic mass is 9.89. The van der Waals surface area contributed by atoms with E-state index < -0.39 is 5.60 Å². The molecule has 26 heavy (non-hydrogen) atoms. The number of hydrogen-bond donors (Lipinski definition) is 0. The Hall–Kier alpha value is -2.42. The molecule has 0 aliphatic heterocycles. The Kier molecular flexibility index (Phi) is 5.87. The number of halogens is 1. The molecule has 5 heteroatoms. The minimum Gasteiger partial charge on any atom is -0.481 e. The van der Waals surface area contributed by atoms with Gasteiger partial charge in [-0.1, -0.05) is 12.0 Å². The predicted molar refractivity (Wildman–Crippen MR) is 96.3 cm³/mol. The van der Waals surface area contributed by atoms with Crippen LogP contribution in [0.15, 0.2) is 42.6 Å². The molecule has 1 heterocycles. The molecule has 3 rings (SSSR count). The average molecular weight is 355 g/mol. The molecule has 2 atom stereocenters. The predicted octanol–water partition coefficient (Wildman–Crippen LogP) is 3.69. The van der Waals surface area contributed by atoms with Crippen molar-refractivity contribution < 1.29 is 18.6 Å². The standard InChI is InChI=1S/C21H22FNO3/c1-24-20-9-5-10-21(20,25-2)16-13-17(22)15-19(14-16)26-12-6-8-18-7-3-4-11-23-18/h3-4,7,11,13-15,20H,5,9-10,12H2,1-2H3. The maximum atomic E-state index is 14.2. The van der Waals surface area contributed by atoms with E-state index in [1.807, 2.05) is 24.3 Å². The van der Waals surface area contributed by atoms with Crippen molar-refractivity contribution in [3.63, 3.8) is 0 Å². The molecule has 1 aromatic carbocycles. The molecule has 136 valence electrons. The zero-order valence-corrected chi connectivity index (χ0v) is 15.0. The molecular weight excluding hydrogens is 333 g/mol. The number of nitrogens with zero attached hydrogens (tertiary/aromatic N) is 1. The Morgan fingerprint density at radius 1 is 1.27 bits per heavy atom. The molecule has 1 aliphatic rings. The van der Waals surface area contributed by atoms with Crippen molar-refractivity contribution in [1.82, 2.24) is 4.98 Å². The van der Waals surface area contributed by atoms with E-state index in [9.17, 15) is 4.39 Å². The summed E-state index contributed by atoms with van der Waals surface area (Å²) in [5, 5.41) is 0. The van der Waals surface area contributed by atoms with Crippen LogP contribution in [0.5, 0.6) is 5.75 Å². The summed E-state index contributed by atoms with van der Waals surface area (Å²) in [6.45, 7) is 0.146. The van der Waals surface area contributed by atoms with Gasteiger partial charge in [-0.2, -0.15) is 0 Å². The zero-order chi connectivity index (χ0) is 18.4. The largest absolute Gasteiger partial charge is 0.481 e. The van der Waals surface area contributed by atoms with Crippen molar-refractivity contribution in [2.24, 2.45) is 0 Å². The number of rotatable bonds is 5. The van der Waals surface area contributed by atoms with E-state index in [0.29, 0.717) is 11.4 Å². The monoisotopic (exact) mass is 355 g/mol. The third-order valence-electron chi connectivity index (χ3n) is 4.74. The van der Waals surface area contributed by atoms with Gasteiger partial charge < -0.3 is 14.2 Å². The Balaban J connectivity index is 1.77. The molecule has 1 saturated carbocycles. The van der Waals surface area contributed by atoms with Gasteiger partial charge in [-0.05, 0) is 55.0 Å². The average Bonchev–Trinajstić information content (AvgIpc) is 3.10. The molecule has 0 amide bonds. The van der Waals surface area contributed by atoms with Crippen LogP contribution in [-0.4, -0.2) is 31.9 Å². The number of pyridine rings is 1. The van der Waals surface area contributed by atoms with Crippen molar-refractivity contribution in [2.75, 3.05) is 20.8 Å². The quantitative estimate of drug-likeness (QED) is 0.767. The molecule has 2 unspecified atom stereocenters. The van der Waals surface area contributed by atoms with Gasteiger partial charge in [0.25, 0.3) is 0 Å². The van der Waals surface area contributed by atoms with Gasteiger partial charge in [0.05, 0.1) is 6.10 Å². The molecule has 1 aromatic heterocycles. The summed E-state index contributed by atoms with van der Waals surface area (Å²) in [6, 6.07) is 10.2. The highest BCUT2D eigenvalue weighted by Gasteiger charge is 2.45. The van der Waals surface area contributed by atoms with Gasteiger partial charge in [-0.3, -0.25) is 0 Å². The van der Waals surface area contributed by atoms with Gasteiger partial charge in [0.15, 0.2) is 0 Å². The highest BCUT2D eigenvalue weighted by atomic mass is 19.1. The van der Waals surface area contributed by atoms with Crippen LogP contribution in [-0.2, 0) is 15.1 Å². The first-order valence-electron chi connectivity index (χ1n) is 8.59. The van der Waals surface area contributed by atoms with Gasteiger partial charge in [0.1, 0.15) is 29.5 Å². The summed E-state index contributed by atoms with van der Waals surface area (Å²) in [7, 11) is 3.30. The second-order valence-corrected chi connectivity index (χ2v) is 6.19. The molecule has 1 fully saturated rings. The number of ether oxygens (including phenoxy) is 3. The molecular formula is C21H22FNO3. The lowest BCUT2D eigenvalue weighted by Gasteiger charge is -2.34. The SMILES string of the molecule is COC1CCCC1(OC)c1cc(F)cc(OCC#Cc2ccccn2)c1. The van der Waals surface area contributed by atoms with Gasteiger partial charge in [-0.15, -0.1) is 0 Å². The van der Waals surface area contributed by atoms with Crippen LogP contribution in [0, 0.1) is 17.7 Å². The number of hydrogen-bond acceptors (Lipinski definition) is 4. The summed E-state index contributed by atoms with van der Waals surface area (Å²) >= 11 is 0. The van der Waals surface area contributed by atoms with Crippen molar-refractivity contribution in [2.45, 2.75) is 31.0 Å². The van der Waals surface area contributed by atoms with E-state index in [1.54, 1.807) is 20.4 Å². The van der Waals surface area contributed by atoms with Crippen LogP contribution in [0.25, 0.3) is 0 Å². The second-order valence-electron chi connectivity index (χ2n) is 6.19. The fourth-order valence-corrected chi connectivity index (χ4v) is 3.51. The smallest absolute Gasteiger partial charge is 0.149 e. The Morgan fingerprint density at radius 2 is 2.15 bits per heavy atom. The van der Waals surface area contributed by atoms with Crippen LogP contribution in [0.1, 0.15) is 30.5 Å². The Bertz CT molecular complexity index is 800. The molecule has 0 radical (unpaired) electrons. The molecule has 1 aliphatic carbocycles. The van der Waals surface area contributed by atoms with Crippen molar-refractivity contribution in [1.29, 1.82) is 0 Å². The van der Waals surface area contributed by atoms with E-state index in [2.05, 4.69) is 16.8 Å². The summed E-state index contributed by atoms with van der Waals surface area (Å²) in [4.78, 5) is 4.12. The summed E-state index contributed by atoms with van der Waals surface area (Å²) < 4.78 is 31.2. The highest BCUT2D eigenvalue weighted by Crippen LogP contribution is 2.44. The number of aromatic nitrogens is 1. The molecule has 0 saturated heterocycles. The topological polar surface area (TPSA) is 40.6 Å². The second kappa shape index (κ2) is 8.31. The van der Waals surface area contributed by atoms with Crippen LogP contribution < -0.4 is 4.74 Å². The van der Waals surface area contributed by atoms with Crippen LogP contribution in [0.3, 0.4) is 0 Å². The van der Waals surface area contributed by atoms with Crippen molar-refractivity contribution >= 4 is 0 Å². The lowest BCUT2D eigenvalue weighted by molar-refractivity contribution is -0.104. The van der Waals surface area contributed by atoms with Gasteiger partial charge in [0, 0.05) is 26.5 Å². The number of methoxy groups -OCH3 is 2. The first kappa shape index (κ1) is 18.4. The Labute approximate surface area is 153 Å². The van der Waals surface area contributed by atoms with Gasteiger partial charge in [-0.25, -0.2) is 9.37 Å². The maximum absolute atomic E-state index is 14.2. The number of benzene rings is 1. The third-order valence-corrected chi connectivity index (χ3v) is 4.74. The van der Waals surface area contributed by atoms with Crippen LogP contribution in [0.4, 0.5) is 4.39 Å². The Morgan fingerprint density at radius 3 is 2.88 bits per heavy atom. The van der Waals surface area contributed by atoms with Gasteiger partial charge in [0.2, 0.25) is 0 Å². The minimum atomic E-state index is -0.644. The normalized spacial score (nSPS) is 21.9. The van der Waals surface area contributed by atoms with E-state index in [-0.39, 0.29) is 18.5 Å². The summed E-state index contributed by atoms with van der Waals surface area (Å²) in [6.07, 6.45) is 4.21. The lowest BCUT2D eigenvalue weighted by Crippen LogP contribution is -2.38. The van der Waals surface area contributed by atoms with Crippen LogP contribution in [0.2, 0.25) is 0 Å². The highest BCUT2D eigenvalue weighted by molar-refractivity contribution is 5.36. The van der Waals surface area contributed by atoms with E-state index in [0.717, 1.165) is 24.8 Å². The summed E-state index contributed by atoms with van der Waals surface area (Å²) in [5.74, 6) is 5.86. The molecule has 0 N–H and O–H groups in total. The van der Waals surface area contributed by atoms with Crippen molar-refractivity contribution in [3.05, 3.63) is 59.7 Å². The fraction of sp³-hybridized carbons (Fsp3) is 0.381. The minimum absolute atomic E-state index is 0.105. The first-order valence-corrected chi connectivity index (χ1v) is 8.59. The fourth-order valence-electron chi connectivity index (χ4n) is 3.51. The summed E-state index contributed by atoms with van der Waals surface area (Å²) in [5.41, 5.74) is 0.759. The zero-order valence-electron chi connectivity index (χ0n) is 15.0. The molecule has 0 spiro atoms. The third kappa shape index (κ3) is 3.87. The van der Waals surface area contributed by atoms with E-state index in [4.69, 9.17) is 14.2 Å². The van der Waals surface area contributed by atoms with Crippen LogP contribution >= 0.6 is 0 Å².